The number of thiazole rings is 1. The molecule has 0 aliphatic rings. The molecule has 0 bridgehead atoms. The third-order valence-corrected chi connectivity index (χ3v) is 8.11. The van der Waals surface area contributed by atoms with Crippen molar-refractivity contribution in [3.05, 3.63) is 98.1 Å². The Bertz CT molecular complexity index is 1620. The van der Waals surface area contributed by atoms with Crippen LogP contribution in [0.2, 0.25) is 0 Å². The highest BCUT2D eigenvalue weighted by atomic mass is 32.1. The van der Waals surface area contributed by atoms with Crippen molar-refractivity contribution >= 4 is 22.7 Å². The number of rotatable bonds is 6. The predicted octanol–water partition coefficient (Wildman–Crippen LogP) is 6.77. The van der Waals surface area contributed by atoms with Gasteiger partial charge in [0.15, 0.2) is 11.6 Å². The molecule has 5 nitrogen and oxygen atoms in total. The number of hydrogen-bond acceptors (Lipinski definition) is 6. The van der Waals surface area contributed by atoms with Crippen LogP contribution in [0, 0.1) is 26.6 Å². The van der Waals surface area contributed by atoms with E-state index in [4.69, 9.17) is 4.98 Å². The zero-order valence-corrected chi connectivity index (χ0v) is 21.7. The lowest BCUT2D eigenvalue weighted by Crippen LogP contribution is -2.27. The zero-order chi connectivity index (χ0) is 25.4. The second-order valence-corrected chi connectivity index (χ2v) is 11.0. The van der Waals surface area contributed by atoms with Gasteiger partial charge in [0.2, 0.25) is 0 Å². The fourth-order valence-corrected chi connectivity index (χ4v) is 6.31. The molecule has 0 saturated carbocycles. The first-order chi connectivity index (χ1) is 17.3. The van der Waals surface area contributed by atoms with Gasteiger partial charge in [0.1, 0.15) is 5.82 Å². The van der Waals surface area contributed by atoms with Crippen LogP contribution in [-0.2, 0) is 13.0 Å². The molecule has 0 aliphatic heterocycles. The summed E-state index contributed by atoms with van der Waals surface area (Å²) in [4.78, 5) is 26.1. The minimum absolute atomic E-state index is 0.193. The number of aromatic nitrogens is 3. The molecule has 8 heteroatoms. The van der Waals surface area contributed by atoms with E-state index in [0.717, 1.165) is 30.8 Å². The van der Waals surface area contributed by atoms with Crippen molar-refractivity contribution in [2.45, 2.75) is 33.7 Å². The van der Waals surface area contributed by atoms with Crippen molar-refractivity contribution in [3.8, 4) is 38.0 Å². The normalized spacial score (nSPS) is 11.2. The second kappa shape index (κ2) is 9.79. The van der Waals surface area contributed by atoms with E-state index in [1.807, 2.05) is 56.4 Å². The number of hydrogen-bond donors (Lipinski definition) is 1. The van der Waals surface area contributed by atoms with Crippen molar-refractivity contribution in [2.24, 2.45) is 0 Å². The summed E-state index contributed by atoms with van der Waals surface area (Å²) in [5.41, 5.74) is 3.15. The summed E-state index contributed by atoms with van der Waals surface area (Å²) in [6, 6.07) is 16.1. The Hall–Kier alpha value is -3.62. The quantitative estimate of drug-likeness (QED) is 0.270. The van der Waals surface area contributed by atoms with Gasteiger partial charge in [-0.1, -0.05) is 36.4 Å². The van der Waals surface area contributed by atoms with E-state index in [9.17, 15) is 14.3 Å². The maximum atomic E-state index is 14.2. The lowest BCUT2D eigenvalue weighted by atomic mass is 10.1. The van der Waals surface area contributed by atoms with Gasteiger partial charge in [-0.25, -0.2) is 14.4 Å². The number of benzene rings is 2. The fraction of sp³-hybridized carbons (Fsp3) is 0.179. The summed E-state index contributed by atoms with van der Waals surface area (Å²) in [6.45, 7) is 6.12. The first kappa shape index (κ1) is 24.1. The van der Waals surface area contributed by atoms with Crippen molar-refractivity contribution < 1.29 is 9.50 Å². The van der Waals surface area contributed by atoms with Crippen molar-refractivity contribution in [1.82, 2.24) is 14.5 Å². The summed E-state index contributed by atoms with van der Waals surface area (Å²) < 4.78 is 15.8. The maximum absolute atomic E-state index is 14.2. The molecule has 0 unspecified atom stereocenters. The number of nitrogens with zero attached hydrogens (tertiary/aromatic N) is 3. The van der Waals surface area contributed by atoms with Crippen molar-refractivity contribution in [2.75, 3.05) is 0 Å². The number of aryl methyl sites for hydroxylation is 4. The van der Waals surface area contributed by atoms with E-state index < -0.39 is 11.6 Å². The molecular formula is C28H24FN3O2S2. The minimum Gasteiger partial charge on any atom is -0.504 e. The Balaban J connectivity index is 1.67. The molecule has 5 aromatic rings. The average molecular weight is 518 g/mol. The number of phenols is 1. The van der Waals surface area contributed by atoms with E-state index in [1.165, 1.54) is 12.1 Å². The van der Waals surface area contributed by atoms with Gasteiger partial charge in [-0.2, -0.15) is 0 Å². The highest BCUT2D eigenvalue weighted by Crippen LogP contribution is 2.39. The number of thiophene rings is 1. The molecule has 3 heterocycles. The van der Waals surface area contributed by atoms with Gasteiger partial charge < -0.3 is 5.11 Å². The summed E-state index contributed by atoms with van der Waals surface area (Å²) in [5, 5.41) is 11.4. The van der Waals surface area contributed by atoms with Crippen LogP contribution in [0.1, 0.15) is 21.1 Å². The van der Waals surface area contributed by atoms with Gasteiger partial charge in [0, 0.05) is 28.1 Å². The molecule has 182 valence electrons. The topological polar surface area (TPSA) is 68.0 Å². The number of halogens is 1. The number of phenolic OH excluding ortho intramolecular Hbond substituents is 1. The van der Waals surface area contributed by atoms with Gasteiger partial charge in [0.05, 0.1) is 26.7 Å². The Morgan fingerprint density at radius 1 is 0.972 bits per heavy atom. The molecule has 0 amide bonds. The Morgan fingerprint density at radius 2 is 1.75 bits per heavy atom. The van der Waals surface area contributed by atoms with E-state index in [0.29, 0.717) is 24.2 Å². The third kappa shape index (κ3) is 4.50. The summed E-state index contributed by atoms with van der Waals surface area (Å²) >= 11 is 3.16. The molecule has 5 rings (SSSR count). The lowest BCUT2D eigenvalue weighted by molar-refractivity contribution is 0.433. The van der Waals surface area contributed by atoms with Crippen LogP contribution in [0.4, 0.5) is 4.39 Å². The Kier molecular flexibility index (Phi) is 6.55. The van der Waals surface area contributed by atoms with Crippen LogP contribution >= 0.6 is 22.7 Å². The maximum Gasteiger partial charge on any atom is 0.262 e. The van der Waals surface area contributed by atoms with Crippen LogP contribution in [0.5, 0.6) is 5.75 Å². The van der Waals surface area contributed by atoms with Crippen molar-refractivity contribution in [3.63, 3.8) is 0 Å². The highest BCUT2D eigenvalue weighted by molar-refractivity contribution is 7.18. The summed E-state index contributed by atoms with van der Waals surface area (Å²) in [7, 11) is 0. The van der Waals surface area contributed by atoms with Gasteiger partial charge in [-0.15, -0.1) is 22.7 Å². The first-order valence-corrected chi connectivity index (χ1v) is 13.1. The van der Waals surface area contributed by atoms with Crippen LogP contribution in [0.3, 0.4) is 0 Å². The molecule has 0 aliphatic carbocycles. The number of aromatic hydroxyl groups is 1. The second-order valence-electron chi connectivity index (χ2n) is 8.55. The SMILES string of the molecule is Cc1ncc(-c2cc(-c3c(C)nc(-c4cccc(F)c4O)n(CCc4ccccc4)c3=O)sc2C)s1. The molecule has 3 aromatic heterocycles. The molecule has 1 N–H and O–H groups in total. The highest BCUT2D eigenvalue weighted by Gasteiger charge is 2.22. The van der Waals surface area contributed by atoms with Gasteiger partial charge in [-0.3, -0.25) is 9.36 Å². The molecule has 2 aromatic carbocycles. The predicted molar refractivity (Wildman–Crippen MR) is 144 cm³/mol. The molecule has 36 heavy (non-hydrogen) atoms. The van der Waals surface area contributed by atoms with E-state index >= 15 is 0 Å². The average Bonchev–Trinajstić information content (AvgIpc) is 3.46. The molecule has 0 atom stereocenters. The Morgan fingerprint density at radius 3 is 2.47 bits per heavy atom. The monoisotopic (exact) mass is 517 g/mol. The molecule has 0 spiro atoms. The largest absolute Gasteiger partial charge is 0.504 e. The molecule has 0 saturated heterocycles. The van der Waals surface area contributed by atoms with Crippen molar-refractivity contribution in [1.29, 1.82) is 0 Å². The van der Waals surface area contributed by atoms with Crippen LogP contribution < -0.4 is 5.56 Å². The third-order valence-electron chi connectivity index (χ3n) is 6.10. The molecule has 0 radical (unpaired) electrons. The molecular weight excluding hydrogens is 493 g/mol. The van der Waals surface area contributed by atoms with E-state index in [-0.39, 0.29) is 16.9 Å². The zero-order valence-electron chi connectivity index (χ0n) is 20.1. The molecule has 0 fully saturated rings. The van der Waals surface area contributed by atoms with Crippen LogP contribution in [0.25, 0.3) is 32.3 Å². The summed E-state index contributed by atoms with van der Waals surface area (Å²) in [5.74, 6) is -1.02. The van der Waals surface area contributed by atoms with E-state index in [1.54, 1.807) is 40.2 Å². The van der Waals surface area contributed by atoms with Crippen LogP contribution in [0.15, 0.2) is 65.6 Å². The van der Waals surface area contributed by atoms with Gasteiger partial charge in [0.25, 0.3) is 5.56 Å². The lowest BCUT2D eigenvalue weighted by Gasteiger charge is -2.16. The smallest absolute Gasteiger partial charge is 0.262 e. The first-order valence-electron chi connectivity index (χ1n) is 11.5. The standard InChI is InChI=1S/C28H24FN3O2S2/c1-16-25(23-14-21(17(2)35-23)24-15-30-18(3)36-24)28(34)32(13-12-19-8-5-4-6-9-19)27(31-16)20-10-7-11-22(29)26(20)33/h4-11,14-15,33H,12-13H2,1-3H3. The summed E-state index contributed by atoms with van der Waals surface area (Å²) in [6.07, 6.45) is 2.45. The van der Waals surface area contributed by atoms with E-state index in [2.05, 4.69) is 4.98 Å². The fourth-order valence-electron chi connectivity index (χ4n) is 4.27. The van der Waals surface area contributed by atoms with Crippen LogP contribution in [-0.4, -0.2) is 19.6 Å². The minimum atomic E-state index is -0.753. The Labute approximate surface area is 216 Å². The van der Waals surface area contributed by atoms with Gasteiger partial charge in [-0.05, 0) is 51.0 Å². The number of para-hydroxylation sites is 1. The van der Waals surface area contributed by atoms with Gasteiger partial charge >= 0.3 is 0 Å².